The molecule has 188 valence electrons. The quantitative estimate of drug-likeness (QED) is 0.483. The maximum Gasteiger partial charge on any atom is 0.322 e. The summed E-state index contributed by atoms with van der Waals surface area (Å²) in [7, 11) is -1.58. The summed E-state index contributed by atoms with van der Waals surface area (Å²) in [5.74, 6) is 1.16. The molecule has 0 radical (unpaired) electrons. The number of hydrogen-bond donors (Lipinski definition) is 1. The molecule has 0 unspecified atom stereocenters. The SMILES string of the molecule is CCc1ccc(S(=O)(=O)N[C@H](C)c2nnc(Oc3cccc(N4CCN(C)CC4)c3)n2CC)cc1. The molecule has 3 aromatic rings. The Morgan fingerprint density at radius 3 is 2.40 bits per heavy atom. The van der Waals surface area contributed by atoms with Crippen LogP contribution in [0.5, 0.6) is 11.8 Å². The number of sulfonamides is 1. The molecule has 0 spiro atoms. The zero-order valence-electron chi connectivity index (χ0n) is 20.8. The van der Waals surface area contributed by atoms with Crippen LogP contribution in [0.4, 0.5) is 5.69 Å². The Bertz CT molecular complexity index is 1230. The zero-order valence-corrected chi connectivity index (χ0v) is 21.6. The van der Waals surface area contributed by atoms with Crippen LogP contribution in [0.25, 0.3) is 0 Å². The second kappa shape index (κ2) is 10.8. The van der Waals surface area contributed by atoms with Crippen molar-refractivity contribution in [2.45, 2.75) is 44.7 Å². The molecule has 4 rings (SSSR count). The van der Waals surface area contributed by atoms with Crippen LogP contribution in [0.2, 0.25) is 0 Å². The predicted molar refractivity (Wildman–Crippen MR) is 136 cm³/mol. The molecule has 10 heteroatoms. The van der Waals surface area contributed by atoms with E-state index in [1.54, 1.807) is 23.6 Å². The Hall–Kier alpha value is -2.95. The van der Waals surface area contributed by atoms with Crippen molar-refractivity contribution in [1.29, 1.82) is 0 Å². The highest BCUT2D eigenvalue weighted by Crippen LogP contribution is 2.27. The average molecular weight is 499 g/mol. The number of aryl methyl sites for hydroxylation is 1. The lowest BCUT2D eigenvalue weighted by atomic mass is 10.2. The first-order valence-corrected chi connectivity index (χ1v) is 13.5. The van der Waals surface area contributed by atoms with E-state index in [0.29, 0.717) is 24.1 Å². The van der Waals surface area contributed by atoms with E-state index in [9.17, 15) is 8.42 Å². The van der Waals surface area contributed by atoms with Crippen molar-refractivity contribution < 1.29 is 13.2 Å². The van der Waals surface area contributed by atoms with Gasteiger partial charge in [-0.15, -0.1) is 5.10 Å². The second-order valence-electron chi connectivity index (χ2n) is 8.82. The summed E-state index contributed by atoms with van der Waals surface area (Å²) in [4.78, 5) is 4.88. The Morgan fingerprint density at radius 2 is 1.74 bits per heavy atom. The monoisotopic (exact) mass is 498 g/mol. The van der Waals surface area contributed by atoms with Gasteiger partial charge < -0.3 is 14.5 Å². The lowest BCUT2D eigenvalue weighted by Crippen LogP contribution is -2.44. The van der Waals surface area contributed by atoms with E-state index < -0.39 is 16.1 Å². The first kappa shape index (κ1) is 25.2. The van der Waals surface area contributed by atoms with E-state index in [1.165, 1.54) is 0 Å². The highest BCUT2D eigenvalue weighted by molar-refractivity contribution is 7.89. The molecule has 1 aromatic heterocycles. The third-order valence-corrected chi connectivity index (χ3v) is 7.87. The van der Waals surface area contributed by atoms with Crippen molar-refractivity contribution in [3.8, 4) is 11.8 Å². The van der Waals surface area contributed by atoms with Gasteiger partial charge in [0.25, 0.3) is 0 Å². The summed E-state index contributed by atoms with van der Waals surface area (Å²) < 4.78 is 36.4. The van der Waals surface area contributed by atoms with E-state index in [4.69, 9.17) is 4.74 Å². The van der Waals surface area contributed by atoms with E-state index in [1.807, 2.05) is 44.2 Å². The van der Waals surface area contributed by atoms with Crippen molar-refractivity contribution in [1.82, 2.24) is 24.4 Å². The Labute approximate surface area is 207 Å². The van der Waals surface area contributed by atoms with E-state index in [2.05, 4.69) is 37.8 Å². The van der Waals surface area contributed by atoms with Crippen LogP contribution in [0, 0.1) is 0 Å². The van der Waals surface area contributed by atoms with Crippen molar-refractivity contribution >= 4 is 15.7 Å². The maximum atomic E-state index is 12.9. The third-order valence-electron chi connectivity index (χ3n) is 6.32. The lowest BCUT2D eigenvalue weighted by molar-refractivity contribution is 0.312. The van der Waals surface area contributed by atoms with Crippen molar-refractivity contribution in [2.24, 2.45) is 0 Å². The molecule has 0 saturated carbocycles. The number of nitrogens with one attached hydrogen (secondary N) is 1. The van der Waals surface area contributed by atoms with Crippen LogP contribution in [-0.2, 0) is 23.0 Å². The van der Waals surface area contributed by atoms with E-state index in [0.717, 1.165) is 43.9 Å². The summed E-state index contributed by atoms with van der Waals surface area (Å²) in [6, 6.07) is 14.6. The number of ether oxygens (including phenoxy) is 1. The van der Waals surface area contributed by atoms with Crippen LogP contribution < -0.4 is 14.4 Å². The maximum absolute atomic E-state index is 12.9. The number of piperazine rings is 1. The van der Waals surface area contributed by atoms with Gasteiger partial charge in [-0.05, 0) is 57.1 Å². The Kier molecular flexibility index (Phi) is 7.73. The number of benzene rings is 2. The second-order valence-corrected chi connectivity index (χ2v) is 10.5. The standard InChI is InChI=1S/C25H34N6O3S/c1-5-20-10-12-23(13-11-20)35(32,33)28-19(3)24-26-27-25(31(24)6-2)34-22-9-7-8-21(18-22)30-16-14-29(4)15-17-30/h7-13,18-19,28H,5-6,14-17H2,1-4H3/t19-/m1/s1. The molecule has 1 aliphatic rings. The summed E-state index contributed by atoms with van der Waals surface area (Å²) >= 11 is 0. The van der Waals surface area contributed by atoms with Gasteiger partial charge in [0.15, 0.2) is 5.82 Å². The molecule has 2 heterocycles. The molecule has 1 N–H and O–H groups in total. The number of nitrogens with zero attached hydrogens (tertiary/aromatic N) is 5. The summed E-state index contributed by atoms with van der Waals surface area (Å²) in [5, 5.41) is 8.47. The van der Waals surface area contributed by atoms with Gasteiger partial charge in [0.05, 0.1) is 10.9 Å². The van der Waals surface area contributed by atoms with Crippen LogP contribution in [0.3, 0.4) is 0 Å². The average Bonchev–Trinajstić information content (AvgIpc) is 3.27. The van der Waals surface area contributed by atoms with Gasteiger partial charge in [0.2, 0.25) is 10.0 Å². The number of anilines is 1. The fraction of sp³-hybridized carbons (Fsp3) is 0.440. The Balaban J connectivity index is 1.49. The minimum absolute atomic E-state index is 0.223. The normalized spacial score (nSPS) is 15.8. The van der Waals surface area contributed by atoms with E-state index in [-0.39, 0.29) is 4.90 Å². The molecular formula is C25H34N6O3S. The topological polar surface area (TPSA) is 92.6 Å². The summed E-state index contributed by atoms with van der Waals surface area (Å²) in [6.07, 6.45) is 0.852. The van der Waals surface area contributed by atoms with Crippen molar-refractivity contribution in [2.75, 3.05) is 38.1 Å². The van der Waals surface area contributed by atoms with Gasteiger partial charge in [-0.1, -0.05) is 30.2 Å². The molecule has 0 bridgehead atoms. The molecule has 1 atom stereocenters. The number of likely N-dealkylation sites (N-methyl/N-ethyl adjacent to an activating group) is 1. The van der Waals surface area contributed by atoms with Gasteiger partial charge in [0, 0.05) is 44.5 Å². The molecule has 1 saturated heterocycles. The number of hydrogen-bond acceptors (Lipinski definition) is 7. The summed E-state index contributed by atoms with van der Waals surface area (Å²) in [5.41, 5.74) is 2.19. The minimum Gasteiger partial charge on any atom is -0.424 e. The molecule has 1 fully saturated rings. The fourth-order valence-electron chi connectivity index (χ4n) is 4.16. The van der Waals surface area contributed by atoms with Gasteiger partial charge >= 0.3 is 6.01 Å². The Morgan fingerprint density at radius 1 is 1.03 bits per heavy atom. The number of rotatable bonds is 9. The van der Waals surface area contributed by atoms with Gasteiger partial charge in [-0.3, -0.25) is 4.57 Å². The molecule has 35 heavy (non-hydrogen) atoms. The highest BCUT2D eigenvalue weighted by Gasteiger charge is 2.24. The minimum atomic E-state index is -3.71. The van der Waals surface area contributed by atoms with Gasteiger partial charge in [-0.25, -0.2) is 13.1 Å². The lowest BCUT2D eigenvalue weighted by Gasteiger charge is -2.34. The molecule has 9 nitrogen and oxygen atoms in total. The van der Waals surface area contributed by atoms with Crippen LogP contribution >= 0.6 is 0 Å². The molecule has 1 aliphatic heterocycles. The zero-order chi connectivity index (χ0) is 25.0. The molecule has 0 amide bonds. The van der Waals surface area contributed by atoms with Gasteiger partial charge in [-0.2, -0.15) is 0 Å². The first-order chi connectivity index (χ1) is 16.8. The molecular weight excluding hydrogens is 464 g/mol. The third kappa shape index (κ3) is 5.83. The predicted octanol–water partition coefficient (Wildman–Crippen LogP) is 3.44. The van der Waals surface area contributed by atoms with Crippen LogP contribution in [0.1, 0.15) is 38.2 Å². The smallest absolute Gasteiger partial charge is 0.322 e. The fourth-order valence-corrected chi connectivity index (χ4v) is 5.37. The summed E-state index contributed by atoms with van der Waals surface area (Å²) in [6.45, 7) is 10.3. The first-order valence-electron chi connectivity index (χ1n) is 12.1. The van der Waals surface area contributed by atoms with Crippen molar-refractivity contribution in [3.05, 3.63) is 59.9 Å². The molecule has 2 aromatic carbocycles. The van der Waals surface area contributed by atoms with E-state index >= 15 is 0 Å². The number of aromatic nitrogens is 3. The largest absolute Gasteiger partial charge is 0.424 e. The molecule has 0 aliphatic carbocycles. The van der Waals surface area contributed by atoms with Gasteiger partial charge in [0.1, 0.15) is 5.75 Å². The van der Waals surface area contributed by atoms with Crippen LogP contribution in [-0.4, -0.2) is 61.3 Å². The van der Waals surface area contributed by atoms with Crippen molar-refractivity contribution in [3.63, 3.8) is 0 Å². The van der Waals surface area contributed by atoms with Crippen LogP contribution in [0.15, 0.2) is 53.4 Å². The highest BCUT2D eigenvalue weighted by atomic mass is 32.2.